The molecule has 29 heavy (non-hydrogen) atoms. The number of hydrogen-bond acceptors (Lipinski definition) is 4. The number of rotatable bonds is 4. The Labute approximate surface area is 177 Å². The number of nitrogens with one attached hydrogen (secondary N) is 2. The first kappa shape index (κ1) is 19.3. The van der Waals surface area contributed by atoms with Crippen LogP contribution in [0.4, 0.5) is 11.8 Å². The van der Waals surface area contributed by atoms with Crippen molar-refractivity contribution in [2.24, 2.45) is 0 Å². The Morgan fingerprint density at radius 2 is 1.76 bits per heavy atom. The van der Waals surface area contributed by atoms with Crippen molar-refractivity contribution in [2.75, 3.05) is 16.8 Å². The highest BCUT2D eigenvalue weighted by atomic mass is 32.1. The molecule has 0 bridgehead atoms. The minimum absolute atomic E-state index is 0.0964. The van der Waals surface area contributed by atoms with E-state index in [1.165, 1.54) is 16.7 Å². The molecule has 0 spiro atoms. The lowest BCUT2D eigenvalue weighted by Gasteiger charge is -2.30. The second kappa shape index (κ2) is 8.57. The van der Waals surface area contributed by atoms with Crippen LogP contribution in [0, 0.1) is 6.92 Å². The van der Waals surface area contributed by atoms with E-state index in [-0.39, 0.29) is 6.04 Å². The van der Waals surface area contributed by atoms with Crippen LogP contribution >= 0.6 is 12.2 Å². The lowest BCUT2D eigenvalue weighted by molar-refractivity contribution is 0.716. The maximum absolute atomic E-state index is 5.49. The topological polar surface area (TPSA) is 53.1 Å². The molecule has 0 saturated heterocycles. The Bertz CT molecular complexity index is 1010. The zero-order valence-electron chi connectivity index (χ0n) is 16.7. The third-order valence-electron chi connectivity index (χ3n) is 5.17. The third-order valence-corrected chi connectivity index (χ3v) is 5.39. The van der Waals surface area contributed by atoms with Gasteiger partial charge in [0.05, 0.1) is 6.04 Å². The van der Waals surface area contributed by atoms with Crippen molar-refractivity contribution in [3.05, 3.63) is 83.0 Å². The van der Waals surface area contributed by atoms with Crippen LogP contribution in [-0.2, 0) is 13.0 Å². The fourth-order valence-corrected chi connectivity index (χ4v) is 3.89. The average molecular weight is 404 g/mol. The van der Waals surface area contributed by atoms with E-state index in [9.17, 15) is 0 Å². The fraction of sp³-hybridized carbons (Fsp3) is 0.261. The van der Waals surface area contributed by atoms with Crippen molar-refractivity contribution in [1.82, 2.24) is 15.3 Å². The summed E-state index contributed by atoms with van der Waals surface area (Å²) in [5, 5.41) is 6.97. The minimum atomic E-state index is 0.0964. The highest BCUT2D eigenvalue weighted by Crippen LogP contribution is 2.24. The van der Waals surface area contributed by atoms with E-state index in [0.29, 0.717) is 11.1 Å². The van der Waals surface area contributed by atoms with Gasteiger partial charge in [0, 0.05) is 24.8 Å². The molecule has 4 rings (SSSR count). The van der Waals surface area contributed by atoms with Gasteiger partial charge >= 0.3 is 0 Å². The number of anilines is 2. The van der Waals surface area contributed by atoms with Crippen LogP contribution in [0.1, 0.15) is 35.3 Å². The van der Waals surface area contributed by atoms with Crippen LogP contribution in [-0.4, -0.2) is 21.6 Å². The van der Waals surface area contributed by atoms with Crippen molar-refractivity contribution in [2.45, 2.75) is 32.9 Å². The van der Waals surface area contributed by atoms with Crippen molar-refractivity contribution in [3.8, 4) is 0 Å². The molecule has 2 aromatic carbocycles. The van der Waals surface area contributed by atoms with Gasteiger partial charge in [0.25, 0.3) is 0 Å². The quantitative estimate of drug-likeness (QED) is 0.630. The van der Waals surface area contributed by atoms with E-state index in [2.05, 4.69) is 63.8 Å². The minimum Gasteiger partial charge on any atom is -0.356 e. The molecule has 0 amide bonds. The first-order valence-corrected chi connectivity index (χ1v) is 10.3. The summed E-state index contributed by atoms with van der Waals surface area (Å²) in [5.74, 6) is 1.45. The predicted octanol–water partition coefficient (Wildman–Crippen LogP) is 4.40. The Morgan fingerprint density at radius 3 is 2.55 bits per heavy atom. The molecule has 0 unspecified atom stereocenters. The fourth-order valence-electron chi connectivity index (χ4n) is 3.62. The summed E-state index contributed by atoms with van der Waals surface area (Å²) >= 11 is 5.49. The SMILES string of the molecule is Cc1cc(N2CCc3ccccc3C2)nc(NC(=S)N[C@H](C)c2ccccc2)n1. The number of hydrogen-bond donors (Lipinski definition) is 2. The van der Waals surface area contributed by atoms with Gasteiger partial charge in [-0.05, 0) is 49.2 Å². The Hall–Kier alpha value is -2.99. The number of aryl methyl sites for hydroxylation is 1. The van der Waals surface area contributed by atoms with Gasteiger partial charge in [-0.2, -0.15) is 4.98 Å². The van der Waals surface area contributed by atoms with Gasteiger partial charge in [0.2, 0.25) is 5.95 Å². The van der Waals surface area contributed by atoms with Crippen molar-refractivity contribution in [3.63, 3.8) is 0 Å². The number of aromatic nitrogens is 2. The van der Waals surface area contributed by atoms with E-state index in [1.807, 2.05) is 31.2 Å². The molecule has 5 nitrogen and oxygen atoms in total. The summed E-state index contributed by atoms with van der Waals surface area (Å²) in [7, 11) is 0. The van der Waals surface area contributed by atoms with E-state index in [1.54, 1.807) is 0 Å². The molecule has 2 N–H and O–H groups in total. The number of benzene rings is 2. The van der Waals surface area contributed by atoms with Gasteiger partial charge in [-0.3, -0.25) is 0 Å². The summed E-state index contributed by atoms with van der Waals surface area (Å²) < 4.78 is 0. The van der Waals surface area contributed by atoms with Crippen LogP contribution in [0.25, 0.3) is 0 Å². The third kappa shape index (κ3) is 4.71. The Balaban J connectivity index is 1.45. The van der Waals surface area contributed by atoms with E-state index < -0.39 is 0 Å². The maximum atomic E-state index is 5.49. The molecule has 0 saturated carbocycles. The Morgan fingerprint density at radius 1 is 1.03 bits per heavy atom. The molecule has 6 heteroatoms. The lowest BCUT2D eigenvalue weighted by Crippen LogP contribution is -2.33. The van der Waals surface area contributed by atoms with Gasteiger partial charge in [-0.25, -0.2) is 4.98 Å². The van der Waals surface area contributed by atoms with E-state index >= 15 is 0 Å². The highest BCUT2D eigenvalue weighted by Gasteiger charge is 2.18. The van der Waals surface area contributed by atoms with Gasteiger partial charge < -0.3 is 15.5 Å². The molecular formula is C23H25N5S. The molecular weight excluding hydrogens is 378 g/mol. The standard InChI is InChI=1S/C23H25N5S/c1-16-14-21(28-13-12-19-10-6-7-11-20(19)15-28)26-22(24-16)27-23(29)25-17(2)18-8-4-3-5-9-18/h3-11,14,17H,12-13,15H2,1-2H3,(H2,24,25,26,27,29)/t17-/m1/s1. The maximum Gasteiger partial charge on any atom is 0.231 e. The molecule has 1 aliphatic heterocycles. The van der Waals surface area contributed by atoms with E-state index in [0.717, 1.165) is 31.0 Å². The van der Waals surface area contributed by atoms with Gasteiger partial charge in [-0.15, -0.1) is 0 Å². The van der Waals surface area contributed by atoms with Crippen molar-refractivity contribution < 1.29 is 0 Å². The summed E-state index contributed by atoms with van der Waals surface area (Å²) in [6.07, 6.45) is 1.02. The van der Waals surface area contributed by atoms with Crippen LogP contribution in [0.15, 0.2) is 60.7 Å². The van der Waals surface area contributed by atoms with Gasteiger partial charge in [0.15, 0.2) is 5.11 Å². The largest absolute Gasteiger partial charge is 0.356 e. The predicted molar refractivity (Wildman–Crippen MR) is 122 cm³/mol. The summed E-state index contributed by atoms with van der Waals surface area (Å²) in [4.78, 5) is 11.5. The molecule has 0 fully saturated rings. The molecule has 2 heterocycles. The van der Waals surface area contributed by atoms with Crippen molar-refractivity contribution in [1.29, 1.82) is 0 Å². The second-order valence-electron chi connectivity index (χ2n) is 7.36. The lowest BCUT2D eigenvalue weighted by atomic mass is 10.00. The first-order chi connectivity index (χ1) is 14.1. The second-order valence-corrected chi connectivity index (χ2v) is 7.77. The molecule has 0 aliphatic carbocycles. The smallest absolute Gasteiger partial charge is 0.231 e. The van der Waals surface area contributed by atoms with Crippen LogP contribution < -0.4 is 15.5 Å². The molecule has 1 aromatic heterocycles. The van der Waals surface area contributed by atoms with Crippen LogP contribution in [0.2, 0.25) is 0 Å². The molecule has 1 atom stereocenters. The molecule has 1 aliphatic rings. The summed E-state index contributed by atoms with van der Waals surface area (Å²) in [6, 6.07) is 20.9. The molecule has 0 radical (unpaired) electrons. The van der Waals surface area contributed by atoms with E-state index in [4.69, 9.17) is 17.2 Å². The number of thiocarbonyl (C=S) groups is 1. The number of nitrogens with zero attached hydrogens (tertiary/aromatic N) is 3. The molecule has 3 aromatic rings. The molecule has 148 valence electrons. The zero-order valence-corrected chi connectivity index (χ0v) is 17.5. The van der Waals surface area contributed by atoms with Gasteiger partial charge in [-0.1, -0.05) is 54.6 Å². The number of fused-ring (bicyclic) bond motifs is 1. The summed E-state index contributed by atoms with van der Waals surface area (Å²) in [6.45, 7) is 5.87. The normalized spacial score (nSPS) is 14.1. The van der Waals surface area contributed by atoms with Crippen LogP contribution in [0.5, 0.6) is 0 Å². The van der Waals surface area contributed by atoms with Crippen molar-refractivity contribution >= 4 is 29.1 Å². The first-order valence-electron chi connectivity index (χ1n) is 9.88. The van der Waals surface area contributed by atoms with Crippen LogP contribution in [0.3, 0.4) is 0 Å². The zero-order chi connectivity index (χ0) is 20.2. The monoisotopic (exact) mass is 403 g/mol. The van der Waals surface area contributed by atoms with Gasteiger partial charge in [0.1, 0.15) is 5.82 Å². The highest BCUT2D eigenvalue weighted by molar-refractivity contribution is 7.80. The summed E-state index contributed by atoms with van der Waals surface area (Å²) in [5.41, 5.74) is 4.87. The average Bonchev–Trinajstić information content (AvgIpc) is 2.73. The Kier molecular flexibility index (Phi) is 5.71.